The summed E-state index contributed by atoms with van der Waals surface area (Å²) in [7, 11) is 0. The quantitative estimate of drug-likeness (QED) is 0.632. The first-order chi connectivity index (χ1) is 12.6. The van der Waals surface area contributed by atoms with Gasteiger partial charge in [0.15, 0.2) is 0 Å². The number of Topliss-reactive ketones (excluding diaryl/α,β-unsaturated/α-hetero) is 1. The fourth-order valence-electron chi connectivity index (χ4n) is 3.94. The SMILES string of the molecule is CC(=O)C(C)CN1CCC(=C2c3ccccc3Sc3ccccc32)CC1. The van der Waals surface area contributed by atoms with E-state index < -0.39 is 0 Å². The van der Waals surface area contributed by atoms with Crippen LogP contribution in [0.4, 0.5) is 0 Å². The minimum Gasteiger partial charge on any atom is -0.302 e. The maximum absolute atomic E-state index is 11.6. The topological polar surface area (TPSA) is 20.3 Å². The molecular formula is C23H25NOS. The van der Waals surface area contributed by atoms with E-state index in [0.717, 1.165) is 32.5 Å². The van der Waals surface area contributed by atoms with Crippen molar-refractivity contribution in [1.82, 2.24) is 4.90 Å². The van der Waals surface area contributed by atoms with Crippen molar-refractivity contribution in [2.75, 3.05) is 19.6 Å². The van der Waals surface area contributed by atoms with Crippen molar-refractivity contribution in [1.29, 1.82) is 0 Å². The van der Waals surface area contributed by atoms with Crippen LogP contribution in [-0.2, 0) is 4.79 Å². The minimum absolute atomic E-state index is 0.136. The molecule has 0 radical (unpaired) electrons. The molecule has 0 bridgehead atoms. The van der Waals surface area contributed by atoms with Crippen LogP contribution in [0.5, 0.6) is 0 Å². The van der Waals surface area contributed by atoms with Crippen molar-refractivity contribution in [2.24, 2.45) is 5.92 Å². The summed E-state index contributed by atoms with van der Waals surface area (Å²) < 4.78 is 0. The van der Waals surface area contributed by atoms with E-state index in [1.54, 1.807) is 12.5 Å². The summed E-state index contributed by atoms with van der Waals surface area (Å²) in [6.45, 7) is 6.74. The molecule has 2 aromatic carbocycles. The molecule has 0 spiro atoms. The maximum Gasteiger partial charge on any atom is 0.133 e. The Morgan fingerprint density at radius 2 is 1.54 bits per heavy atom. The fourth-order valence-corrected chi connectivity index (χ4v) is 5.03. The highest BCUT2D eigenvalue weighted by atomic mass is 32.2. The first-order valence-corrected chi connectivity index (χ1v) is 10.3. The first-order valence-electron chi connectivity index (χ1n) is 9.45. The predicted octanol–water partition coefficient (Wildman–Crippen LogP) is 5.27. The number of rotatable bonds is 3. The van der Waals surface area contributed by atoms with E-state index in [1.807, 2.05) is 18.7 Å². The van der Waals surface area contributed by atoms with Crippen LogP contribution in [0.3, 0.4) is 0 Å². The van der Waals surface area contributed by atoms with Crippen molar-refractivity contribution >= 4 is 23.1 Å². The molecule has 1 unspecified atom stereocenters. The molecule has 1 fully saturated rings. The zero-order valence-corrected chi connectivity index (χ0v) is 16.3. The molecule has 0 saturated carbocycles. The van der Waals surface area contributed by atoms with Gasteiger partial charge in [0.25, 0.3) is 0 Å². The fraction of sp³-hybridized carbons (Fsp3) is 0.348. The number of ketones is 1. The monoisotopic (exact) mass is 363 g/mol. The van der Waals surface area contributed by atoms with Crippen LogP contribution >= 0.6 is 11.8 Å². The molecule has 2 nitrogen and oxygen atoms in total. The van der Waals surface area contributed by atoms with Crippen LogP contribution in [0, 0.1) is 5.92 Å². The first kappa shape index (κ1) is 17.6. The third-order valence-corrected chi connectivity index (χ3v) is 6.72. The average molecular weight is 364 g/mol. The second kappa shape index (κ2) is 7.42. The van der Waals surface area contributed by atoms with Crippen molar-refractivity contribution < 1.29 is 4.79 Å². The molecule has 0 aromatic heterocycles. The Bertz CT molecular complexity index is 813. The van der Waals surface area contributed by atoms with Gasteiger partial charge in [0.2, 0.25) is 0 Å². The molecule has 2 heterocycles. The van der Waals surface area contributed by atoms with Gasteiger partial charge in [-0.25, -0.2) is 0 Å². The van der Waals surface area contributed by atoms with E-state index in [4.69, 9.17) is 0 Å². The molecule has 3 heteroatoms. The molecule has 2 aliphatic heterocycles. The lowest BCUT2D eigenvalue weighted by molar-refractivity contribution is -0.120. The van der Waals surface area contributed by atoms with Crippen LogP contribution in [-0.4, -0.2) is 30.3 Å². The van der Waals surface area contributed by atoms with Gasteiger partial charge >= 0.3 is 0 Å². The van der Waals surface area contributed by atoms with Crippen molar-refractivity contribution in [2.45, 2.75) is 36.5 Å². The predicted molar refractivity (Wildman–Crippen MR) is 109 cm³/mol. The third-order valence-electron chi connectivity index (χ3n) is 5.57. The summed E-state index contributed by atoms with van der Waals surface area (Å²) in [6.07, 6.45) is 2.18. The van der Waals surface area contributed by atoms with Gasteiger partial charge in [-0.2, -0.15) is 0 Å². The molecule has 1 atom stereocenters. The Balaban J connectivity index is 1.65. The Morgan fingerprint density at radius 1 is 1.00 bits per heavy atom. The lowest BCUT2D eigenvalue weighted by Crippen LogP contribution is -2.36. The van der Waals surface area contributed by atoms with Gasteiger partial charge in [0, 0.05) is 35.3 Å². The summed E-state index contributed by atoms with van der Waals surface area (Å²) in [5.74, 6) is 0.429. The number of piperidine rings is 1. The van der Waals surface area contributed by atoms with Gasteiger partial charge < -0.3 is 4.90 Å². The molecule has 2 aromatic rings. The number of hydrogen-bond acceptors (Lipinski definition) is 3. The highest BCUT2D eigenvalue weighted by Crippen LogP contribution is 2.47. The number of fused-ring (bicyclic) bond motifs is 2. The van der Waals surface area contributed by atoms with Gasteiger partial charge in [-0.1, -0.05) is 60.7 Å². The number of nitrogens with zero attached hydrogens (tertiary/aromatic N) is 1. The Hall–Kier alpha value is -1.84. The molecular weight excluding hydrogens is 338 g/mol. The number of benzene rings is 2. The normalized spacial score (nSPS) is 18.2. The maximum atomic E-state index is 11.6. The summed E-state index contributed by atoms with van der Waals surface area (Å²) >= 11 is 1.88. The van der Waals surface area contributed by atoms with Gasteiger partial charge in [-0.15, -0.1) is 0 Å². The standard InChI is InChI=1S/C23H25NOS/c1-16(17(2)25)15-24-13-11-18(12-14-24)23-19-7-3-5-9-21(19)26-22-10-6-4-8-20(22)23/h3-10,16H,11-15H2,1-2H3. The molecule has 4 rings (SSSR count). The van der Waals surface area contributed by atoms with Crippen LogP contribution in [0.1, 0.15) is 37.8 Å². The number of hydrogen-bond donors (Lipinski definition) is 0. The Kier molecular flexibility index (Phi) is 5.01. The highest BCUT2D eigenvalue weighted by Gasteiger charge is 2.26. The lowest BCUT2D eigenvalue weighted by Gasteiger charge is -2.33. The van der Waals surface area contributed by atoms with Crippen molar-refractivity contribution in [3.05, 3.63) is 65.2 Å². The molecule has 0 N–H and O–H groups in total. The van der Waals surface area contributed by atoms with E-state index >= 15 is 0 Å². The summed E-state index contributed by atoms with van der Waals surface area (Å²) in [5, 5.41) is 0. The summed E-state index contributed by atoms with van der Waals surface area (Å²) in [4.78, 5) is 16.7. The molecule has 0 amide bonds. The summed E-state index contributed by atoms with van der Waals surface area (Å²) in [6, 6.07) is 17.6. The molecule has 1 saturated heterocycles. The Morgan fingerprint density at radius 3 is 2.08 bits per heavy atom. The van der Waals surface area contributed by atoms with E-state index in [1.165, 1.54) is 26.5 Å². The largest absolute Gasteiger partial charge is 0.302 e. The Labute approximate surface area is 160 Å². The second-order valence-electron chi connectivity index (χ2n) is 7.39. The van der Waals surface area contributed by atoms with Crippen LogP contribution in [0.2, 0.25) is 0 Å². The smallest absolute Gasteiger partial charge is 0.133 e. The van der Waals surface area contributed by atoms with Gasteiger partial charge in [0.1, 0.15) is 5.78 Å². The molecule has 0 aliphatic carbocycles. The number of carbonyl (C=O) groups is 1. The van der Waals surface area contributed by atoms with Gasteiger partial charge in [-0.3, -0.25) is 4.79 Å². The van der Waals surface area contributed by atoms with E-state index in [9.17, 15) is 4.79 Å². The third kappa shape index (κ3) is 3.38. The zero-order chi connectivity index (χ0) is 18.1. The van der Waals surface area contributed by atoms with Crippen LogP contribution < -0.4 is 0 Å². The van der Waals surface area contributed by atoms with Crippen molar-refractivity contribution in [3.63, 3.8) is 0 Å². The minimum atomic E-state index is 0.136. The second-order valence-corrected chi connectivity index (χ2v) is 8.47. The molecule has 134 valence electrons. The molecule has 26 heavy (non-hydrogen) atoms. The van der Waals surface area contributed by atoms with E-state index in [0.29, 0.717) is 5.78 Å². The average Bonchev–Trinajstić information content (AvgIpc) is 2.66. The van der Waals surface area contributed by atoms with E-state index in [-0.39, 0.29) is 5.92 Å². The number of carbonyl (C=O) groups excluding carboxylic acids is 1. The van der Waals surface area contributed by atoms with Gasteiger partial charge in [-0.05, 0) is 48.6 Å². The van der Waals surface area contributed by atoms with Crippen LogP contribution in [0.25, 0.3) is 5.57 Å². The van der Waals surface area contributed by atoms with Gasteiger partial charge in [0.05, 0.1) is 0 Å². The highest BCUT2D eigenvalue weighted by molar-refractivity contribution is 7.99. The summed E-state index contributed by atoms with van der Waals surface area (Å²) in [5.41, 5.74) is 5.79. The molecule has 2 aliphatic rings. The zero-order valence-electron chi connectivity index (χ0n) is 15.5. The number of likely N-dealkylation sites (tertiary alicyclic amines) is 1. The lowest BCUT2D eigenvalue weighted by atomic mass is 9.87. The van der Waals surface area contributed by atoms with Crippen LogP contribution in [0.15, 0.2) is 63.9 Å². The van der Waals surface area contributed by atoms with Crippen molar-refractivity contribution in [3.8, 4) is 0 Å². The van der Waals surface area contributed by atoms with E-state index in [2.05, 4.69) is 53.4 Å².